The molecule has 1 aromatic heterocycles. The Morgan fingerprint density at radius 3 is 2.57 bits per heavy atom. The van der Waals surface area contributed by atoms with Crippen molar-refractivity contribution in [1.82, 2.24) is 10.6 Å². The highest BCUT2D eigenvalue weighted by Gasteiger charge is 2.05. The summed E-state index contributed by atoms with van der Waals surface area (Å²) in [6.07, 6.45) is 1.74. The molecule has 0 aliphatic heterocycles. The van der Waals surface area contributed by atoms with Crippen LogP contribution in [0.2, 0.25) is 0 Å². The lowest BCUT2D eigenvalue weighted by molar-refractivity contribution is -0.121. The molecule has 0 fully saturated rings. The first-order valence-electron chi connectivity index (χ1n) is 7.15. The van der Waals surface area contributed by atoms with Crippen molar-refractivity contribution >= 4 is 17.6 Å². The summed E-state index contributed by atoms with van der Waals surface area (Å²) >= 11 is 0. The van der Waals surface area contributed by atoms with Crippen molar-refractivity contribution in [2.24, 2.45) is 0 Å². The van der Waals surface area contributed by atoms with Crippen LogP contribution in [0.4, 0.5) is 10.5 Å². The Hall–Kier alpha value is -2.96. The molecule has 122 valence electrons. The number of urea groups is 1. The Morgan fingerprint density at radius 2 is 1.91 bits per heavy atom. The van der Waals surface area contributed by atoms with Crippen LogP contribution in [0.3, 0.4) is 0 Å². The molecule has 1 heterocycles. The molecule has 0 radical (unpaired) electrons. The number of hydrogen-bond acceptors (Lipinski definition) is 4. The summed E-state index contributed by atoms with van der Waals surface area (Å²) in [5.41, 5.74) is 0.644. The van der Waals surface area contributed by atoms with Crippen molar-refractivity contribution in [3.63, 3.8) is 0 Å². The number of carbonyl (C=O) groups excluding carboxylic acids is 2. The van der Waals surface area contributed by atoms with E-state index in [1.165, 1.54) is 0 Å². The number of hydrogen-bond donors (Lipinski definition) is 3. The van der Waals surface area contributed by atoms with Crippen molar-refractivity contribution < 1.29 is 18.7 Å². The summed E-state index contributed by atoms with van der Waals surface area (Å²) in [5.74, 6) is 1.24. The highest BCUT2D eigenvalue weighted by molar-refractivity contribution is 5.89. The van der Waals surface area contributed by atoms with Gasteiger partial charge in [0.2, 0.25) is 5.91 Å². The number of nitrogens with one attached hydrogen (secondary N) is 3. The summed E-state index contributed by atoms with van der Waals surface area (Å²) < 4.78 is 10.1. The molecule has 0 bridgehead atoms. The zero-order chi connectivity index (χ0) is 16.5. The molecule has 2 aromatic rings. The second-order valence-corrected chi connectivity index (χ2v) is 4.72. The Bertz CT molecular complexity index is 623. The van der Waals surface area contributed by atoms with Crippen molar-refractivity contribution in [1.29, 1.82) is 0 Å². The molecular weight excluding hydrogens is 298 g/mol. The maximum atomic E-state index is 11.7. The van der Waals surface area contributed by atoms with Crippen LogP contribution in [0.15, 0.2) is 47.1 Å². The van der Waals surface area contributed by atoms with E-state index in [9.17, 15) is 9.59 Å². The maximum absolute atomic E-state index is 11.7. The van der Waals surface area contributed by atoms with Crippen molar-refractivity contribution in [2.75, 3.05) is 19.0 Å². The van der Waals surface area contributed by atoms with Crippen LogP contribution in [0.1, 0.15) is 12.2 Å². The fraction of sp³-hybridized carbons (Fsp3) is 0.250. The molecule has 0 aliphatic rings. The molecule has 7 nitrogen and oxygen atoms in total. The Balaban J connectivity index is 1.62. The minimum absolute atomic E-state index is 0.161. The standard InChI is InChI=1S/C16H19N3O4/c1-22-13-6-4-12(5-7-13)19-16(21)17-9-8-15(20)18-11-14-3-2-10-23-14/h2-7,10H,8-9,11H2,1H3,(H,18,20)(H2,17,19,21). The molecular formula is C16H19N3O4. The molecule has 0 saturated carbocycles. The Labute approximate surface area is 134 Å². The summed E-state index contributed by atoms with van der Waals surface area (Å²) in [6.45, 7) is 0.579. The lowest BCUT2D eigenvalue weighted by Crippen LogP contribution is -2.33. The summed E-state index contributed by atoms with van der Waals surface area (Å²) in [7, 11) is 1.58. The van der Waals surface area contributed by atoms with E-state index < -0.39 is 0 Å². The van der Waals surface area contributed by atoms with Crippen molar-refractivity contribution in [3.05, 3.63) is 48.4 Å². The van der Waals surface area contributed by atoms with E-state index >= 15 is 0 Å². The van der Waals surface area contributed by atoms with E-state index in [0.717, 1.165) is 0 Å². The number of amides is 3. The van der Waals surface area contributed by atoms with Gasteiger partial charge in [0, 0.05) is 18.7 Å². The summed E-state index contributed by atoms with van der Waals surface area (Å²) in [4.78, 5) is 23.3. The third-order valence-corrected chi connectivity index (χ3v) is 3.03. The average molecular weight is 317 g/mol. The van der Waals surface area contributed by atoms with Gasteiger partial charge in [0.1, 0.15) is 11.5 Å². The monoisotopic (exact) mass is 317 g/mol. The molecule has 3 N–H and O–H groups in total. The van der Waals surface area contributed by atoms with Gasteiger partial charge in [0.15, 0.2) is 0 Å². The van der Waals surface area contributed by atoms with Crippen LogP contribution >= 0.6 is 0 Å². The lowest BCUT2D eigenvalue weighted by Gasteiger charge is -2.08. The molecule has 0 atom stereocenters. The average Bonchev–Trinajstić information content (AvgIpc) is 3.07. The van der Waals surface area contributed by atoms with Gasteiger partial charge >= 0.3 is 6.03 Å². The second-order valence-electron chi connectivity index (χ2n) is 4.72. The molecule has 1 aromatic carbocycles. The minimum Gasteiger partial charge on any atom is -0.497 e. The van der Waals surface area contributed by atoms with Gasteiger partial charge in [-0.05, 0) is 36.4 Å². The van der Waals surface area contributed by atoms with E-state index in [2.05, 4.69) is 16.0 Å². The minimum atomic E-state index is -0.367. The van der Waals surface area contributed by atoms with Gasteiger partial charge in [-0.1, -0.05) is 0 Å². The molecule has 0 spiro atoms. The normalized spacial score (nSPS) is 9.96. The number of ether oxygens (including phenoxy) is 1. The third kappa shape index (κ3) is 5.74. The van der Waals surface area contributed by atoms with Gasteiger partial charge in [-0.25, -0.2) is 4.79 Å². The van der Waals surface area contributed by atoms with E-state index in [1.54, 1.807) is 49.8 Å². The van der Waals surface area contributed by atoms with Gasteiger partial charge < -0.3 is 25.1 Å². The molecule has 3 amide bonds. The smallest absolute Gasteiger partial charge is 0.319 e. The quantitative estimate of drug-likeness (QED) is 0.729. The zero-order valence-electron chi connectivity index (χ0n) is 12.8. The molecule has 0 saturated heterocycles. The van der Waals surface area contributed by atoms with Crippen LogP contribution in [0.5, 0.6) is 5.75 Å². The zero-order valence-corrected chi connectivity index (χ0v) is 12.8. The lowest BCUT2D eigenvalue weighted by atomic mass is 10.3. The summed E-state index contributed by atoms with van der Waals surface area (Å²) in [5, 5.41) is 7.99. The van der Waals surface area contributed by atoms with Gasteiger partial charge in [-0.15, -0.1) is 0 Å². The number of furan rings is 1. The predicted molar refractivity (Wildman–Crippen MR) is 85.2 cm³/mol. The second kappa shape index (κ2) is 8.47. The largest absolute Gasteiger partial charge is 0.497 e. The fourth-order valence-corrected chi connectivity index (χ4v) is 1.83. The van der Waals surface area contributed by atoms with Crippen LogP contribution < -0.4 is 20.7 Å². The Kier molecular flexibility index (Phi) is 6.05. The topological polar surface area (TPSA) is 92.6 Å². The molecule has 7 heteroatoms. The van der Waals surface area contributed by atoms with Crippen LogP contribution in [0.25, 0.3) is 0 Å². The number of methoxy groups -OCH3 is 1. The third-order valence-electron chi connectivity index (χ3n) is 3.03. The van der Waals surface area contributed by atoms with E-state index in [4.69, 9.17) is 9.15 Å². The molecule has 0 aliphatic carbocycles. The van der Waals surface area contributed by atoms with Crippen LogP contribution in [0, 0.1) is 0 Å². The Morgan fingerprint density at radius 1 is 1.13 bits per heavy atom. The van der Waals surface area contributed by atoms with Gasteiger partial charge in [-0.2, -0.15) is 0 Å². The first-order valence-corrected chi connectivity index (χ1v) is 7.15. The first-order chi connectivity index (χ1) is 11.2. The van der Waals surface area contributed by atoms with E-state index in [0.29, 0.717) is 23.7 Å². The molecule has 23 heavy (non-hydrogen) atoms. The highest BCUT2D eigenvalue weighted by Crippen LogP contribution is 2.14. The van der Waals surface area contributed by atoms with E-state index in [-0.39, 0.29) is 24.9 Å². The number of benzene rings is 1. The van der Waals surface area contributed by atoms with Crippen molar-refractivity contribution in [3.8, 4) is 5.75 Å². The fourth-order valence-electron chi connectivity index (χ4n) is 1.83. The van der Waals surface area contributed by atoms with Gasteiger partial charge in [0.05, 0.1) is 19.9 Å². The summed E-state index contributed by atoms with van der Waals surface area (Å²) in [6, 6.07) is 10.1. The van der Waals surface area contributed by atoms with Gasteiger partial charge in [0.25, 0.3) is 0 Å². The van der Waals surface area contributed by atoms with E-state index in [1.807, 2.05) is 0 Å². The van der Waals surface area contributed by atoms with Crippen molar-refractivity contribution in [2.45, 2.75) is 13.0 Å². The maximum Gasteiger partial charge on any atom is 0.319 e. The number of anilines is 1. The van der Waals surface area contributed by atoms with Gasteiger partial charge in [-0.3, -0.25) is 4.79 Å². The molecule has 0 unspecified atom stereocenters. The van der Waals surface area contributed by atoms with Crippen LogP contribution in [-0.4, -0.2) is 25.6 Å². The SMILES string of the molecule is COc1ccc(NC(=O)NCCC(=O)NCc2ccco2)cc1. The predicted octanol–water partition coefficient (Wildman–Crippen LogP) is 2.12. The number of carbonyl (C=O) groups is 2. The first kappa shape index (κ1) is 16.4. The highest BCUT2D eigenvalue weighted by atomic mass is 16.5. The van der Waals surface area contributed by atoms with Crippen LogP contribution in [-0.2, 0) is 11.3 Å². The molecule has 2 rings (SSSR count). The number of rotatable bonds is 7.